The molecule has 1 aromatic rings. The van der Waals surface area contributed by atoms with Crippen LogP contribution in [0.1, 0.15) is 18.4 Å². The van der Waals surface area contributed by atoms with Gasteiger partial charge in [0.1, 0.15) is 5.75 Å². The number of halogens is 1. The molecule has 2 N–H and O–H groups in total. The van der Waals surface area contributed by atoms with E-state index in [-0.39, 0.29) is 12.6 Å². The van der Waals surface area contributed by atoms with Gasteiger partial charge in [0.05, 0.1) is 17.5 Å². The summed E-state index contributed by atoms with van der Waals surface area (Å²) in [5.74, 6) is -0.568. The summed E-state index contributed by atoms with van der Waals surface area (Å²) < 4.78 is 5.98. The summed E-state index contributed by atoms with van der Waals surface area (Å²) in [5.41, 5.74) is 0.938. The molecule has 1 aliphatic rings. The third-order valence-electron chi connectivity index (χ3n) is 3.72. The first kappa shape index (κ1) is 16.6. The van der Waals surface area contributed by atoms with Crippen molar-refractivity contribution in [2.75, 3.05) is 20.2 Å². The van der Waals surface area contributed by atoms with Crippen LogP contribution in [-0.2, 0) is 11.3 Å². The van der Waals surface area contributed by atoms with Crippen LogP contribution in [0.2, 0.25) is 0 Å². The summed E-state index contributed by atoms with van der Waals surface area (Å²) in [7, 11) is 1.59. The van der Waals surface area contributed by atoms with Crippen molar-refractivity contribution in [1.29, 1.82) is 0 Å². The molecule has 22 heavy (non-hydrogen) atoms. The van der Waals surface area contributed by atoms with E-state index in [1.54, 1.807) is 12.0 Å². The topological polar surface area (TPSA) is 78.9 Å². The fourth-order valence-corrected chi connectivity index (χ4v) is 3.06. The summed E-state index contributed by atoms with van der Waals surface area (Å²) in [6, 6.07) is 5.36. The number of rotatable bonds is 4. The maximum atomic E-state index is 12.1. The number of nitrogens with zero attached hydrogens (tertiary/aromatic N) is 1. The minimum Gasteiger partial charge on any atom is -0.496 e. The number of likely N-dealkylation sites (tertiary alicyclic amines) is 1. The highest BCUT2D eigenvalue weighted by Crippen LogP contribution is 2.25. The van der Waals surface area contributed by atoms with Crippen LogP contribution in [0.5, 0.6) is 5.75 Å². The summed E-state index contributed by atoms with van der Waals surface area (Å²) in [5, 5.41) is 11.9. The zero-order chi connectivity index (χ0) is 16.1. The Morgan fingerprint density at radius 3 is 2.91 bits per heavy atom. The van der Waals surface area contributed by atoms with Gasteiger partial charge in [-0.25, -0.2) is 4.79 Å². The number of carbonyl (C=O) groups is 2. The van der Waals surface area contributed by atoms with Gasteiger partial charge in [-0.1, -0.05) is 6.07 Å². The molecule has 0 radical (unpaired) electrons. The number of carboxylic acid groups (broad SMARTS) is 1. The average molecular weight is 371 g/mol. The lowest BCUT2D eigenvalue weighted by molar-refractivity contribution is -0.143. The number of carbonyl (C=O) groups excluding carboxylic acids is 1. The monoisotopic (exact) mass is 370 g/mol. The van der Waals surface area contributed by atoms with E-state index in [1.807, 2.05) is 18.2 Å². The number of urea groups is 1. The highest BCUT2D eigenvalue weighted by Gasteiger charge is 2.27. The zero-order valence-corrected chi connectivity index (χ0v) is 13.9. The van der Waals surface area contributed by atoms with Crippen molar-refractivity contribution in [3.8, 4) is 5.75 Å². The van der Waals surface area contributed by atoms with Crippen LogP contribution >= 0.6 is 15.9 Å². The number of amides is 2. The zero-order valence-electron chi connectivity index (χ0n) is 12.3. The molecule has 0 spiro atoms. The SMILES string of the molecule is COc1ccc(CNC(=O)N2CCCC(C(=O)O)C2)cc1Br. The number of methoxy groups -OCH3 is 1. The third-order valence-corrected chi connectivity index (χ3v) is 4.34. The molecule has 2 amide bonds. The number of piperidine rings is 1. The van der Waals surface area contributed by atoms with Gasteiger partial charge < -0.3 is 20.1 Å². The van der Waals surface area contributed by atoms with Crippen molar-refractivity contribution < 1.29 is 19.4 Å². The van der Waals surface area contributed by atoms with Crippen LogP contribution in [-0.4, -0.2) is 42.2 Å². The lowest BCUT2D eigenvalue weighted by atomic mass is 9.99. The Bertz CT molecular complexity index is 564. The summed E-state index contributed by atoms with van der Waals surface area (Å²) >= 11 is 3.40. The summed E-state index contributed by atoms with van der Waals surface area (Å²) in [4.78, 5) is 24.7. The lowest BCUT2D eigenvalue weighted by Crippen LogP contribution is -2.46. The Labute approximate surface area is 137 Å². The van der Waals surface area contributed by atoms with E-state index in [2.05, 4.69) is 21.2 Å². The molecule has 1 aliphatic heterocycles. The third kappa shape index (κ3) is 4.13. The smallest absolute Gasteiger partial charge is 0.317 e. The number of ether oxygens (including phenoxy) is 1. The van der Waals surface area contributed by atoms with E-state index >= 15 is 0 Å². The van der Waals surface area contributed by atoms with Crippen LogP contribution in [0.4, 0.5) is 4.79 Å². The molecule has 0 aliphatic carbocycles. The Balaban J connectivity index is 1.89. The molecule has 1 heterocycles. The van der Waals surface area contributed by atoms with Crippen molar-refractivity contribution in [1.82, 2.24) is 10.2 Å². The summed E-state index contributed by atoms with van der Waals surface area (Å²) in [6.45, 7) is 1.26. The molecule has 6 nitrogen and oxygen atoms in total. The molecule has 0 aromatic heterocycles. The van der Waals surface area contributed by atoms with Gasteiger partial charge in [0.15, 0.2) is 0 Å². The first-order chi connectivity index (χ1) is 10.5. The molecule has 7 heteroatoms. The van der Waals surface area contributed by atoms with Gasteiger partial charge >= 0.3 is 12.0 Å². The first-order valence-corrected chi connectivity index (χ1v) is 7.88. The first-order valence-electron chi connectivity index (χ1n) is 7.09. The largest absolute Gasteiger partial charge is 0.496 e. The van der Waals surface area contributed by atoms with E-state index in [0.717, 1.165) is 22.2 Å². The van der Waals surface area contributed by atoms with Gasteiger partial charge in [-0.2, -0.15) is 0 Å². The van der Waals surface area contributed by atoms with Crippen molar-refractivity contribution in [2.45, 2.75) is 19.4 Å². The average Bonchev–Trinajstić information content (AvgIpc) is 2.52. The van der Waals surface area contributed by atoms with Gasteiger partial charge in [-0.3, -0.25) is 4.79 Å². The number of hydrogen-bond acceptors (Lipinski definition) is 3. The fraction of sp³-hybridized carbons (Fsp3) is 0.467. The predicted octanol–water partition coefficient (Wildman–Crippen LogP) is 2.46. The van der Waals surface area contributed by atoms with E-state index in [0.29, 0.717) is 19.5 Å². The highest BCUT2D eigenvalue weighted by molar-refractivity contribution is 9.10. The Hall–Kier alpha value is -1.76. The quantitative estimate of drug-likeness (QED) is 0.852. The fourth-order valence-electron chi connectivity index (χ4n) is 2.47. The van der Waals surface area contributed by atoms with Gasteiger partial charge in [0, 0.05) is 19.6 Å². The molecule has 0 saturated carbocycles. The standard InChI is InChI=1S/C15H19BrN2O4/c1-22-13-5-4-10(7-12(13)16)8-17-15(21)18-6-2-3-11(9-18)14(19)20/h4-5,7,11H,2-3,6,8-9H2,1H3,(H,17,21)(H,19,20). The lowest BCUT2D eigenvalue weighted by Gasteiger charge is -2.30. The second kappa shape index (κ2) is 7.49. The van der Waals surface area contributed by atoms with Crippen molar-refractivity contribution in [3.05, 3.63) is 28.2 Å². The highest BCUT2D eigenvalue weighted by atomic mass is 79.9. The number of carboxylic acids is 1. The minimum atomic E-state index is -0.836. The Morgan fingerprint density at radius 1 is 1.50 bits per heavy atom. The van der Waals surface area contributed by atoms with E-state index in [1.165, 1.54) is 0 Å². The van der Waals surface area contributed by atoms with Crippen LogP contribution in [0.25, 0.3) is 0 Å². The van der Waals surface area contributed by atoms with Crippen molar-refractivity contribution in [2.24, 2.45) is 5.92 Å². The van der Waals surface area contributed by atoms with Gasteiger partial charge in [-0.05, 0) is 46.5 Å². The molecule has 1 fully saturated rings. The number of benzene rings is 1. The van der Waals surface area contributed by atoms with Crippen LogP contribution < -0.4 is 10.1 Å². The molecule has 1 atom stereocenters. The van der Waals surface area contributed by atoms with Gasteiger partial charge in [0.2, 0.25) is 0 Å². The normalized spacial score (nSPS) is 17.9. The minimum absolute atomic E-state index is 0.224. The van der Waals surface area contributed by atoms with Gasteiger partial charge in [0.25, 0.3) is 0 Å². The molecule has 1 aromatic carbocycles. The molecular weight excluding hydrogens is 352 g/mol. The second-order valence-electron chi connectivity index (χ2n) is 5.25. The number of nitrogens with one attached hydrogen (secondary N) is 1. The van der Waals surface area contributed by atoms with Gasteiger partial charge in [-0.15, -0.1) is 0 Å². The number of hydrogen-bond donors (Lipinski definition) is 2. The van der Waals surface area contributed by atoms with Crippen LogP contribution in [0.15, 0.2) is 22.7 Å². The maximum Gasteiger partial charge on any atom is 0.317 e. The Morgan fingerprint density at radius 2 is 2.27 bits per heavy atom. The summed E-state index contributed by atoms with van der Waals surface area (Å²) in [6.07, 6.45) is 1.35. The molecule has 2 rings (SSSR count). The molecule has 1 saturated heterocycles. The number of aliphatic carboxylic acids is 1. The Kier molecular flexibility index (Phi) is 5.65. The molecule has 120 valence electrons. The molecular formula is C15H19BrN2O4. The molecule has 1 unspecified atom stereocenters. The van der Waals surface area contributed by atoms with Crippen molar-refractivity contribution in [3.63, 3.8) is 0 Å². The van der Waals surface area contributed by atoms with E-state index < -0.39 is 11.9 Å². The van der Waals surface area contributed by atoms with Crippen LogP contribution in [0, 0.1) is 5.92 Å². The van der Waals surface area contributed by atoms with E-state index in [9.17, 15) is 9.59 Å². The molecule has 0 bridgehead atoms. The second-order valence-corrected chi connectivity index (χ2v) is 6.11. The maximum absolute atomic E-state index is 12.1. The predicted molar refractivity (Wildman–Crippen MR) is 84.9 cm³/mol. The van der Waals surface area contributed by atoms with Crippen LogP contribution in [0.3, 0.4) is 0 Å². The van der Waals surface area contributed by atoms with E-state index in [4.69, 9.17) is 9.84 Å². The van der Waals surface area contributed by atoms with Crippen molar-refractivity contribution >= 4 is 27.9 Å².